The molecule has 0 aliphatic rings. The third kappa shape index (κ3) is 7.60. The third-order valence-electron chi connectivity index (χ3n) is 5.53. The Morgan fingerprint density at radius 2 is 1.67 bits per heavy atom. The molecule has 0 radical (unpaired) electrons. The van der Waals surface area contributed by atoms with Crippen LogP contribution >= 0.6 is 0 Å². The van der Waals surface area contributed by atoms with Crippen molar-refractivity contribution >= 4 is 27.5 Å². The number of carbonyl (C=O) groups is 2. The van der Waals surface area contributed by atoms with E-state index in [2.05, 4.69) is 5.32 Å². The van der Waals surface area contributed by atoms with E-state index in [-0.39, 0.29) is 24.8 Å². The molecule has 0 heterocycles. The Bertz CT molecular complexity index is 1050. The molecule has 0 saturated heterocycles. The summed E-state index contributed by atoms with van der Waals surface area (Å²) in [6.45, 7) is 8.38. The summed E-state index contributed by atoms with van der Waals surface area (Å²) in [6, 6.07) is 14.5. The second-order valence-corrected chi connectivity index (χ2v) is 10.2. The maximum atomic E-state index is 13.2. The first-order valence-electron chi connectivity index (χ1n) is 11.2. The summed E-state index contributed by atoms with van der Waals surface area (Å²) >= 11 is 0. The van der Waals surface area contributed by atoms with Crippen LogP contribution in [0, 0.1) is 13.8 Å². The molecule has 0 unspecified atom stereocenters. The topological polar surface area (TPSA) is 86.8 Å². The Morgan fingerprint density at radius 3 is 2.24 bits per heavy atom. The van der Waals surface area contributed by atoms with E-state index in [1.54, 1.807) is 24.0 Å². The summed E-state index contributed by atoms with van der Waals surface area (Å²) in [5, 5.41) is 2.78. The molecule has 0 aromatic heterocycles. The van der Waals surface area contributed by atoms with E-state index < -0.39 is 16.1 Å². The molecule has 0 aliphatic carbocycles. The number of likely N-dealkylation sites (N-methyl/N-ethyl adjacent to an activating group) is 1. The number of nitrogens with one attached hydrogen (secondary N) is 1. The Balaban J connectivity index is 2.15. The number of hydrogen-bond donors (Lipinski definition) is 1. The van der Waals surface area contributed by atoms with Gasteiger partial charge in [0.1, 0.15) is 6.04 Å². The summed E-state index contributed by atoms with van der Waals surface area (Å²) in [7, 11) is -3.50. The Kier molecular flexibility index (Phi) is 9.46. The van der Waals surface area contributed by atoms with Crippen molar-refractivity contribution in [3.8, 4) is 0 Å². The summed E-state index contributed by atoms with van der Waals surface area (Å²) in [5.41, 5.74) is 3.51. The molecule has 0 bridgehead atoms. The Morgan fingerprint density at radius 1 is 1.03 bits per heavy atom. The van der Waals surface area contributed by atoms with Crippen molar-refractivity contribution in [2.75, 3.05) is 23.7 Å². The molecule has 2 aromatic rings. The molecule has 0 aliphatic heterocycles. The maximum absolute atomic E-state index is 13.2. The molecule has 7 nitrogen and oxygen atoms in total. The van der Waals surface area contributed by atoms with Crippen molar-refractivity contribution in [1.29, 1.82) is 0 Å². The predicted molar refractivity (Wildman–Crippen MR) is 132 cm³/mol. The van der Waals surface area contributed by atoms with E-state index in [0.717, 1.165) is 16.7 Å². The summed E-state index contributed by atoms with van der Waals surface area (Å²) in [5.74, 6) is -0.400. The highest BCUT2D eigenvalue weighted by Crippen LogP contribution is 2.23. The van der Waals surface area contributed by atoms with Crippen LogP contribution in [0.1, 0.15) is 43.4 Å². The Labute approximate surface area is 197 Å². The molecular weight excluding hydrogens is 438 g/mol. The van der Waals surface area contributed by atoms with Crippen molar-refractivity contribution in [2.45, 2.75) is 53.1 Å². The second kappa shape index (κ2) is 11.8. The lowest BCUT2D eigenvalue weighted by molar-refractivity contribution is -0.140. The number of para-hydroxylation sites is 1. The second-order valence-electron chi connectivity index (χ2n) is 8.30. The summed E-state index contributed by atoms with van der Waals surface area (Å²) in [4.78, 5) is 27.2. The van der Waals surface area contributed by atoms with Crippen LogP contribution < -0.4 is 9.62 Å². The van der Waals surface area contributed by atoms with Gasteiger partial charge in [-0.15, -0.1) is 0 Å². The van der Waals surface area contributed by atoms with Crippen molar-refractivity contribution in [3.05, 3.63) is 65.2 Å². The molecule has 1 N–H and O–H groups in total. The molecule has 0 fully saturated rings. The van der Waals surface area contributed by atoms with Crippen LogP contribution in [0.3, 0.4) is 0 Å². The first kappa shape index (κ1) is 26.4. The third-order valence-corrected chi connectivity index (χ3v) is 6.71. The van der Waals surface area contributed by atoms with Crippen LogP contribution in [-0.4, -0.2) is 50.5 Å². The molecule has 2 amide bonds. The molecular formula is C25H35N3O4S. The Hall–Kier alpha value is -2.87. The minimum absolute atomic E-state index is 0.132. The average Bonchev–Trinajstić information content (AvgIpc) is 2.76. The number of carbonyl (C=O) groups excluding carboxylic acids is 2. The molecule has 180 valence electrons. The van der Waals surface area contributed by atoms with E-state index in [9.17, 15) is 18.0 Å². The molecule has 0 spiro atoms. The SMILES string of the molecule is CCNC(=O)[C@@H](C)N(Cc1ccc(C)cc1)C(=O)CCCN(c1ccccc1C)S(C)(=O)=O. The van der Waals surface area contributed by atoms with Gasteiger partial charge in [-0.25, -0.2) is 8.42 Å². The van der Waals surface area contributed by atoms with Gasteiger partial charge in [-0.3, -0.25) is 13.9 Å². The summed E-state index contributed by atoms with van der Waals surface area (Å²) in [6.07, 6.45) is 1.64. The van der Waals surface area contributed by atoms with Gasteiger partial charge in [0.05, 0.1) is 11.9 Å². The van der Waals surface area contributed by atoms with Crippen LogP contribution in [0.25, 0.3) is 0 Å². The van der Waals surface area contributed by atoms with Crippen LogP contribution in [0.15, 0.2) is 48.5 Å². The maximum Gasteiger partial charge on any atom is 0.242 e. The molecule has 0 saturated carbocycles. The lowest BCUT2D eigenvalue weighted by Crippen LogP contribution is -2.47. The van der Waals surface area contributed by atoms with Gasteiger partial charge in [-0.2, -0.15) is 0 Å². The molecule has 1 atom stereocenters. The zero-order valence-electron chi connectivity index (χ0n) is 20.2. The molecule has 2 rings (SSSR count). The fraction of sp³-hybridized carbons (Fsp3) is 0.440. The molecule has 8 heteroatoms. The molecule has 33 heavy (non-hydrogen) atoms. The monoisotopic (exact) mass is 473 g/mol. The number of sulfonamides is 1. The highest BCUT2D eigenvalue weighted by molar-refractivity contribution is 7.92. The normalized spacial score (nSPS) is 12.2. The van der Waals surface area contributed by atoms with E-state index in [0.29, 0.717) is 25.2 Å². The minimum Gasteiger partial charge on any atom is -0.355 e. The number of anilines is 1. The number of benzene rings is 2. The van der Waals surface area contributed by atoms with Gasteiger partial charge in [0.25, 0.3) is 0 Å². The van der Waals surface area contributed by atoms with Gasteiger partial charge in [0.15, 0.2) is 0 Å². The fourth-order valence-electron chi connectivity index (χ4n) is 3.62. The predicted octanol–water partition coefficient (Wildman–Crippen LogP) is 3.40. The van der Waals surface area contributed by atoms with Gasteiger partial charge in [-0.1, -0.05) is 48.0 Å². The lowest BCUT2D eigenvalue weighted by Gasteiger charge is -2.29. The van der Waals surface area contributed by atoms with E-state index >= 15 is 0 Å². The van der Waals surface area contributed by atoms with Gasteiger partial charge >= 0.3 is 0 Å². The van der Waals surface area contributed by atoms with Gasteiger partial charge in [-0.05, 0) is 51.3 Å². The van der Waals surface area contributed by atoms with Crippen LogP contribution in [0.5, 0.6) is 0 Å². The first-order chi connectivity index (χ1) is 15.5. The average molecular weight is 474 g/mol. The lowest BCUT2D eigenvalue weighted by atomic mass is 10.1. The van der Waals surface area contributed by atoms with Crippen molar-refractivity contribution < 1.29 is 18.0 Å². The fourth-order valence-corrected chi connectivity index (χ4v) is 4.64. The van der Waals surface area contributed by atoms with Gasteiger partial charge in [0, 0.05) is 26.1 Å². The van der Waals surface area contributed by atoms with Crippen molar-refractivity contribution in [3.63, 3.8) is 0 Å². The zero-order chi connectivity index (χ0) is 24.6. The van der Waals surface area contributed by atoms with Crippen molar-refractivity contribution in [1.82, 2.24) is 10.2 Å². The van der Waals surface area contributed by atoms with Crippen LogP contribution in [0.4, 0.5) is 5.69 Å². The number of nitrogens with zero attached hydrogens (tertiary/aromatic N) is 2. The minimum atomic E-state index is -3.50. The zero-order valence-corrected chi connectivity index (χ0v) is 21.0. The van der Waals surface area contributed by atoms with Crippen LogP contribution in [0.2, 0.25) is 0 Å². The first-order valence-corrected chi connectivity index (χ1v) is 13.1. The van der Waals surface area contributed by atoms with Gasteiger partial charge < -0.3 is 10.2 Å². The van der Waals surface area contributed by atoms with Crippen LogP contribution in [-0.2, 0) is 26.2 Å². The standard InChI is InChI=1S/C25H35N3O4S/c1-6-26-25(30)21(4)27(18-22-15-13-19(2)14-16-22)24(29)12-9-17-28(33(5,31)32)23-11-8-7-10-20(23)3/h7-8,10-11,13-16,21H,6,9,12,17-18H2,1-5H3,(H,26,30)/t21-/m1/s1. The van der Waals surface area contributed by atoms with E-state index in [1.807, 2.05) is 57.2 Å². The smallest absolute Gasteiger partial charge is 0.242 e. The number of amides is 2. The van der Waals surface area contributed by atoms with Gasteiger partial charge in [0.2, 0.25) is 21.8 Å². The van der Waals surface area contributed by atoms with Crippen molar-refractivity contribution in [2.24, 2.45) is 0 Å². The number of aryl methyl sites for hydroxylation is 2. The largest absolute Gasteiger partial charge is 0.355 e. The quantitative estimate of drug-likeness (QED) is 0.542. The summed E-state index contributed by atoms with van der Waals surface area (Å²) < 4.78 is 26.2. The number of hydrogen-bond acceptors (Lipinski definition) is 4. The molecule has 2 aromatic carbocycles. The highest BCUT2D eigenvalue weighted by Gasteiger charge is 2.26. The van der Waals surface area contributed by atoms with E-state index in [4.69, 9.17) is 0 Å². The highest BCUT2D eigenvalue weighted by atomic mass is 32.2. The number of rotatable bonds is 11. The van der Waals surface area contributed by atoms with E-state index in [1.165, 1.54) is 10.6 Å².